The van der Waals surface area contributed by atoms with Gasteiger partial charge in [0.1, 0.15) is 0 Å². The Morgan fingerprint density at radius 1 is 1.32 bits per heavy atom. The Bertz CT molecular complexity index is 578. The second kappa shape index (κ2) is 5.02. The second-order valence-corrected chi connectivity index (χ2v) is 6.47. The molecule has 4 heteroatoms. The van der Waals surface area contributed by atoms with Crippen LogP contribution in [0.3, 0.4) is 0 Å². The number of thioether (sulfide) groups is 1. The van der Waals surface area contributed by atoms with Crippen molar-refractivity contribution in [2.45, 2.75) is 35.7 Å². The van der Waals surface area contributed by atoms with E-state index in [0.29, 0.717) is 11.2 Å². The number of rotatable bonds is 2. The van der Waals surface area contributed by atoms with Crippen molar-refractivity contribution >= 4 is 11.8 Å². The summed E-state index contributed by atoms with van der Waals surface area (Å²) in [4.78, 5) is 4.40. The van der Waals surface area contributed by atoms with Gasteiger partial charge >= 0.3 is 0 Å². The lowest BCUT2D eigenvalue weighted by molar-refractivity contribution is 0.526. The zero-order valence-electron chi connectivity index (χ0n) is 11.3. The van der Waals surface area contributed by atoms with Gasteiger partial charge in [0.05, 0.1) is 0 Å². The van der Waals surface area contributed by atoms with Gasteiger partial charge in [0.2, 0.25) is 0 Å². The van der Waals surface area contributed by atoms with Crippen molar-refractivity contribution in [1.82, 2.24) is 9.55 Å². The fourth-order valence-electron chi connectivity index (χ4n) is 2.81. The molecule has 1 aromatic carbocycles. The normalized spacial score (nSPS) is 26.2. The molecule has 3 nitrogen and oxygen atoms in total. The monoisotopic (exact) mass is 273 g/mol. The van der Waals surface area contributed by atoms with Gasteiger partial charge in [-0.25, -0.2) is 4.98 Å². The van der Waals surface area contributed by atoms with E-state index in [2.05, 4.69) is 40.7 Å². The van der Waals surface area contributed by atoms with Gasteiger partial charge < -0.3 is 10.3 Å². The number of hydrogen-bond donors (Lipinski definition) is 1. The summed E-state index contributed by atoms with van der Waals surface area (Å²) in [7, 11) is 2.03. The van der Waals surface area contributed by atoms with Crippen molar-refractivity contribution in [1.29, 1.82) is 0 Å². The van der Waals surface area contributed by atoms with E-state index in [0.717, 1.165) is 11.6 Å². The van der Waals surface area contributed by atoms with E-state index in [1.54, 1.807) is 11.8 Å². The van der Waals surface area contributed by atoms with Crippen molar-refractivity contribution in [3.63, 3.8) is 0 Å². The standard InChI is InChI=1S/C15H19N3S/c1-10-9-13(19-15-17-7-8-18(15)2)14(16)12-6-4-3-5-11(10)12/h3-8,10,13-14H,9,16H2,1-2H3. The molecule has 0 saturated heterocycles. The van der Waals surface area contributed by atoms with Crippen molar-refractivity contribution in [2.75, 3.05) is 0 Å². The summed E-state index contributed by atoms with van der Waals surface area (Å²) in [5.74, 6) is 0.564. The van der Waals surface area contributed by atoms with E-state index in [-0.39, 0.29) is 6.04 Å². The van der Waals surface area contributed by atoms with Crippen LogP contribution in [0, 0.1) is 0 Å². The maximum atomic E-state index is 6.46. The van der Waals surface area contributed by atoms with E-state index in [4.69, 9.17) is 5.73 Å². The van der Waals surface area contributed by atoms with Gasteiger partial charge in [0.15, 0.2) is 5.16 Å². The van der Waals surface area contributed by atoms with Crippen molar-refractivity contribution < 1.29 is 0 Å². The molecular formula is C15H19N3S. The summed E-state index contributed by atoms with van der Waals surface area (Å²) in [6.45, 7) is 2.29. The maximum absolute atomic E-state index is 6.46. The molecule has 1 heterocycles. The number of nitrogens with two attached hydrogens (primary N) is 1. The molecule has 1 aliphatic rings. The maximum Gasteiger partial charge on any atom is 0.168 e. The van der Waals surface area contributed by atoms with Crippen LogP contribution in [0.2, 0.25) is 0 Å². The van der Waals surface area contributed by atoms with Crippen molar-refractivity contribution in [3.05, 3.63) is 47.8 Å². The molecule has 3 unspecified atom stereocenters. The minimum atomic E-state index is 0.0918. The Morgan fingerprint density at radius 2 is 2.05 bits per heavy atom. The van der Waals surface area contributed by atoms with Crippen molar-refractivity contribution in [3.8, 4) is 0 Å². The summed E-state index contributed by atoms with van der Waals surface area (Å²) in [6.07, 6.45) is 4.93. The molecule has 3 rings (SSSR count). The molecule has 0 aliphatic heterocycles. The molecular weight excluding hydrogens is 254 g/mol. The van der Waals surface area contributed by atoms with Gasteiger partial charge in [-0.3, -0.25) is 0 Å². The van der Waals surface area contributed by atoms with Crippen LogP contribution in [0.25, 0.3) is 0 Å². The van der Waals surface area contributed by atoms with Crippen LogP contribution in [-0.4, -0.2) is 14.8 Å². The van der Waals surface area contributed by atoms with E-state index in [1.165, 1.54) is 11.1 Å². The summed E-state index contributed by atoms with van der Waals surface area (Å²) in [5.41, 5.74) is 9.17. The first kappa shape index (κ1) is 12.8. The predicted octanol–water partition coefficient (Wildman–Crippen LogP) is 3.09. The molecule has 2 aromatic rings. The Labute approximate surface area is 118 Å². The Kier molecular flexibility index (Phi) is 3.37. The highest BCUT2D eigenvalue weighted by Crippen LogP contribution is 2.43. The molecule has 0 radical (unpaired) electrons. The highest BCUT2D eigenvalue weighted by Gasteiger charge is 2.31. The lowest BCUT2D eigenvalue weighted by Gasteiger charge is -2.34. The molecule has 0 spiro atoms. The zero-order valence-corrected chi connectivity index (χ0v) is 12.1. The molecule has 1 aromatic heterocycles. The fraction of sp³-hybridized carbons (Fsp3) is 0.400. The SMILES string of the molecule is CC1CC(Sc2nccn2C)C(N)c2ccccc21. The van der Waals surface area contributed by atoms with Crippen LogP contribution < -0.4 is 5.73 Å². The average Bonchev–Trinajstić information content (AvgIpc) is 2.81. The Hall–Kier alpha value is -1.26. The van der Waals surface area contributed by atoms with Crippen molar-refractivity contribution in [2.24, 2.45) is 12.8 Å². The highest BCUT2D eigenvalue weighted by molar-refractivity contribution is 7.99. The lowest BCUT2D eigenvalue weighted by atomic mass is 9.81. The second-order valence-electron chi connectivity index (χ2n) is 5.27. The summed E-state index contributed by atoms with van der Waals surface area (Å²) >= 11 is 1.80. The minimum Gasteiger partial charge on any atom is -0.329 e. The molecule has 0 bridgehead atoms. The van der Waals surface area contributed by atoms with E-state index in [1.807, 2.05) is 19.4 Å². The number of benzene rings is 1. The minimum absolute atomic E-state index is 0.0918. The number of hydrogen-bond acceptors (Lipinski definition) is 3. The third-order valence-electron chi connectivity index (χ3n) is 3.91. The molecule has 0 saturated carbocycles. The summed E-state index contributed by atoms with van der Waals surface area (Å²) in [5, 5.41) is 1.44. The van der Waals surface area contributed by atoms with Crippen LogP contribution in [-0.2, 0) is 7.05 Å². The molecule has 0 fully saturated rings. The predicted molar refractivity (Wildman–Crippen MR) is 79.3 cm³/mol. The number of fused-ring (bicyclic) bond motifs is 1. The number of nitrogens with zero attached hydrogens (tertiary/aromatic N) is 2. The highest BCUT2D eigenvalue weighted by atomic mass is 32.2. The molecule has 100 valence electrons. The van der Waals surface area contributed by atoms with Gasteiger partial charge in [0.25, 0.3) is 0 Å². The van der Waals surface area contributed by atoms with Gasteiger partial charge in [-0.05, 0) is 23.5 Å². The first-order chi connectivity index (χ1) is 9.16. The van der Waals surface area contributed by atoms with Gasteiger partial charge in [-0.15, -0.1) is 0 Å². The largest absolute Gasteiger partial charge is 0.329 e. The third-order valence-corrected chi connectivity index (χ3v) is 5.30. The van der Waals surface area contributed by atoms with Crippen LogP contribution in [0.5, 0.6) is 0 Å². The topological polar surface area (TPSA) is 43.8 Å². The van der Waals surface area contributed by atoms with Crippen LogP contribution in [0.4, 0.5) is 0 Å². The smallest absolute Gasteiger partial charge is 0.168 e. The van der Waals surface area contributed by atoms with Gasteiger partial charge in [0, 0.05) is 30.7 Å². The van der Waals surface area contributed by atoms with E-state index >= 15 is 0 Å². The first-order valence-electron chi connectivity index (χ1n) is 6.65. The number of imidazole rings is 1. The van der Waals surface area contributed by atoms with Crippen LogP contribution in [0.1, 0.15) is 36.4 Å². The van der Waals surface area contributed by atoms with Crippen LogP contribution in [0.15, 0.2) is 41.8 Å². The molecule has 19 heavy (non-hydrogen) atoms. The summed E-state index contributed by atoms with van der Waals surface area (Å²) in [6, 6.07) is 8.66. The van der Waals surface area contributed by atoms with Crippen LogP contribution >= 0.6 is 11.8 Å². The lowest BCUT2D eigenvalue weighted by Crippen LogP contribution is -2.31. The summed E-state index contributed by atoms with van der Waals surface area (Å²) < 4.78 is 2.06. The number of aryl methyl sites for hydroxylation is 1. The Balaban J connectivity index is 1.88. The number of aromatic nitrogens is 2. The molecule has 0 amide bonds. The average molecular weight is 273 g/mol. The molecule has 3 atom stereocenters. The third kappa shape index (κ3) is 2.30. The molecule has 2 N–H and O–H groups in total. The fourth-order valence-corrected chi connectivity index (χ4v) is 4.11. The van der Waals surface area contributed by atoms with Gasteiger partial charge in [-0.1, -0.05) is 43.0 Å². The first-order valence-corrected chi connectivity index (χ1v) is 7.53. The zero-order chi connectivity index (χ0) is 13.4. The molecule has 1 aliphatic carbocycles. The Morgan fingerprint density at radius 3 is 2.74 bits per heavy atom. The van der Waals surface area contributed by atoms with E-state index in [9.17, 15) is 0 Å². The van der Waals surface area contributed by atoms with Gasteiger partial charge in [-0.2, -0.15) is 0 Å². The quantitative estimate of drug-likeness (QED) is 0.914. The van der Waals surface area contributed by atoms with E-state index < -0.39 is 0 Å².